The third-order valence-electron chi connectivity index (χ3n) is 2.74. The number of carbonyl (C=O) groups is 2. The summed E-state index contributed by atoms with van der Waals surface area (Å²) in [6, 6.07) is -0.643. The minimum Gasteiger partial charge on any atom is -0.481 e. The lowest BCUT2D eigenvalue weighted by molar-refractivity contribution is -0.141. The molecular formula is C7H9NO4. The van der Waals surface area contributed by atoms with Gasteiger partial charge in [0.15, 0.2) is 0 Å². The predicted molar refractivity (Wildman–Crippen MR) is 37.5 cm³/mol. The maximum atomic E-state index is 10.6. The van der Waals surface area contributed by atoms with Crippen LogP contribution in [-0.2, 0) is 9.59 Å². The van der Waals surface area contributed by atoms with Gasteiger partial charge in [0, 0.05) is 5.92 Å². The maximum Gasteiger partial charge on any atom is 0.321 e. The zero-order valence-corrected chi connectivity index (χ0v) is 6.23. The first-order chi connectivity index (χ1) is 5.63. The Balaban J connectivity index is 2.07. The topological polar surface area (TPSA) is 86.6 Å². The first kappa shape index (κ1) is 7.54. The van der Waals surface area contributed by atoms with Crippen LogP contribution in [0.15, 0.2) is 0 Å². The van der Waals surface area contributed by atoms with Crippen molar-refractivity contribution in [2.45, 2.75) is 6.04 Å². The van der Waals surface area contributed by atoms with Gasteiger partial charge in [0.05, 0.1) is 5.92 Å². The van der Waals surface area contributed by atoms with Crippen molar-refractivity contribution in [1.82, 2.24) is 5.32 Å². The second kappa shape index (κ2) is 2.20. The Morgan fingerprint density at radius 1 is 1.25 bits per heavy atom. The third-order valence-corrected chi connectivity index (χ3v) is 2.74. The molecule has 0 aromatic rings. The SMILES string of the molecule is O=C(O)[C@@H]1[C@H]2CN[C@H](C(=O)O)[C@H]21. The summed E-state index contributed by atoms with van der Waals surface area (Å²) in [6.45, 7) is 0.526. The van der Waals surface area contributed by atoms with Gasteiger partial charge in [-0.3, -0.25) is 9.59 Å². The van der Waals surface area contributed by atoms with Gasteiger partial charge in [0.25, 0.3) is 0 Å². The number of carboxylic acids is 2. The van der Waals surface area contributed by atoms with Crippen molar-refractivity contribution in [1.29, 1.82) is 0 Å². The van der Waals surface area contributed by atoms with E-state index in [2.05, 4.69) is 5.32 Å². The van der Waals surface area contributed by atoms with Crippen molar-refractivity contribution in [2.24, 2.45) is 17.8 Å². The highest BCUT2D eigenvalue weighted by Crippen LogP contribution is 2.51. The van der Waals surface area contributed by atoms with Crippen LogP contribution in [0.5, 0.6) is 0 Å². The molecule has 2 rings (SSSR count). The monoisotopic (exact) mass is 171 g/mol. The maximum absolute atomic E-state index is 10.6. The Morgan fingerprint density at radius 2 is 1.92 bits per heavy atom. The highest BCUT2D eigenvalue weighted by molar-refractivity contribution is 5.81. The summed E-state index contributed by atoms with van der Waals surface area (Å²) >= 11 is 0. The van der Waals surface area contributed by atoms with Crippen molar-refractivity contribution in [2.75, 3.05) is 6.54 Å². The fraction of sp³-hybridized carbons (Fsp3) is 0.714. The van der Waals surface area contributed by atoms with Crippen LogP contribution in [0.25, 0.3) is 0 Å². The van der Waals surface area contributed by atoms with Gasteiger partial charge in [-0.25, -0.2) is 0 Å². The molecule has 1 aliphatic heterocycles. The Kier molecular flexibility index (Phi) is 1.38. The fourth-order valence-corrected chi connectivity index (χ4v) is 2.12. The first-order valence-electron chi connectivity index (χ1n) is 3.82. The van der Waals surface area contributed by atoms with Crippen molar-refractivity contribution in [3.05, 3.63) is 0 Å². The number of carboxylic acid groups (broad SMARTS) is 2. The summed E-state index contributed by atoms with van der Waals surface area (Å²) < 4.78 is 0. The van der Waals surface area contributed by atoms with Crippen molar-refractivity contribution >= 4 is 11.9 Å². The van der Waals surface area contributed by atoms with Crippen molar-refractivity contribution in [3.8, 4) is 0 Å². The molecular weight excluding hydrogens is 162 g/mol. The molecule has 1 heterocycles. The largest absolute Gasteiger partial charge is 0.481 e. The van der Waals surface area contributed by atoms with Crippen LogP contribution in [0, 0.1) is 17.8 Å². The lowest BCUT2D eigenvalue weighted by atomic mass is 10.1. The van der Waals surface area contributed by atoms with Crippen molar-refractivity contribution < 1.29 is 19.8 Å². The van der Waals surface area contributed by atoms with Crippen LogP contribution in [0.4, 0.5) is 0 Å². The number of aliphatic carboxylic acids is 2. The summed E-state index contributed by atoms with van der Waals surface area (Å²) in [6.07, 6.45) is 0. The van der Waals surface area contributed by atoms with E-state index in [-0.39, 0.29) is 11.8 Å². The highest BCUT2D eigenvalue weighted by Gasteiger charge is 2.63. The van der Waals surface area contributed by atoms with Crippen LogP contribution < -0.4 is 5.32 Å². The zero-order chi connectivity index (χ0) is 8.88. The molecule has 0 radical (unpaired) electrons. The molecule has 0 spiro atoms. The van der Waals surface area contributed by atoms with E-state index in [1.165, 1.54) is 0 Å². The number of fused-ring (bicyclic) bond motifs is 1. The minimum absolute atomic E-state index is 0.0450. The Bertz CT molecular complexity index is 252. The molecule has 0 aromatic heterocycles. The highest BCUT2D eigenvalue weighted by atomic mass is 16.4. The summed E-state index contributed by atoms with van der Waals surface area (Å²) in [4.78, 5) is 21.1. The molecule has 5 heteroatoms. The van der Waals surface area contributed by atoms with Gasteiger partial charge in [0.1, 0.15) is 6.04 Å². The van der Waals surface area contributed by atoms with Gasteiger partial charge in [0.2, 0.25) is 0 Å². The molecule has 0 aromatic carbocycles. The molecule has 1 saturated heterocycles. The van der Waals surface area contributed by atoms with Crippen LogP contribution in [0.3, 0.4) is 0 Å². The average molecular weight is 171 g/mol. The third kappa shape index (κ3) is 0.828. The number of rotatable bonds is 2. The second-order valence-electron chi connectivity index (χ2n) is 3.33. The summed E-state index contributed by atoms with van der Waals surface area (Å²) in [7, 11) is 0. The lowest BCUT2D eigenvalue weighted by Gasteiger charge is -2.08. The van der Waals surface area contributed by atoms with Crippen LogP contribution >= 0.6 is 0 Å². The first-order valence-corrected chi connectivity index (χ1v) is 3.82. The number of hydrogen-bond acceptors (Lipinski definition) is 3. The van der Waals surface area contributed by atoms with Gasteiger partial charge in [-0.1, -0.05) is 0 Å². The van der Waals surface area contributed by atoms with Crippen LogP contribution in [0.1, 0.15) is 0 Å². The van der Waals surface area contributed by atoms with E-state index in [0.717, 1.165) is 0 Å². The van der Waals surface area contributed by atoms with E-state index in [0.29, 0.717) is 6.54 Å². The van der Waals surface area contributed by atoms with Crippen LogP contribution in [-0.4, -0.2) is 34.7 Å². The fourth-order valence-electron chi connectivity index (χ4n) is 2.12. The van der Waals surface area contributed by atoms with E-state index < -0.39 is 23.9 Å². The Morgan fingerprint density at radius 3 is 2.33 bits per heavy atom. The average Bonchev–Trinajstić information content (AvgIpc) is 2.52. The molecule has 0 bridgehead atoms. The number of nitrogens with one attached hydrogen (secondary N) is 1. The molecule has 0 amide bonds. The Hall–Kier alpha value is -1.10. The number of hydrogen-bond donors (Lipinski definition) is 3. The van der Waals surface area contributed by atoms with Crippen LogP contribution in [0.2, 0.25) is 0 Å². The van der Waals surface area contributed by atoms with E-state index in [1.807, 2.05) is 0 Å². The van der Waals surface area contributed by atoms with Gasteiger partial charge in [-0.15, -0.1) is 0 Å². The molecule has 5 nitrogen and oxygen atoms in total. The molecule has 1 aliphatic carbocycles. The second-order valence-corrected chi connectivity index (χ2v) is 3.33. The van der Waals surface area contributed by atoms with Gasteiger partial charge < -0.3 is 15.5 Å². The summed E-state index contributed by atoms with van der Waals surface area (Å²) in [5.41, 5.74) is 0. The van der Waals surface area contributed by atoms with Gasteiger partial charge >= 0.3 is 11.9 Å². The summed E-state index contributed by atoms with van der Waals surface area (Å²) in [5.74, 6) is -2.36. The predicted octanol–water partition coefficient (Wildman–Crippen LogP) is -1.01. The smallest absolute Gasteiger partial charge is 0.321 e. The molecule has 3 N–H and O–H groups in total. The molecule has 2 aliphatic rings. The molecule has 12 heavy (non-hydrogen) atoms. The van der Waals surface area contributed by atoms with Gasteiger partial charge in [-0.05, 0) is 12.5 Å². The Labute approximate surface area is 68.4 Å². The molecule has 1 saturated carbocycles. The molecule has 2 fully saturated rings. The van der Waals surface area contributed by atoms with Gasteiger partial charge in [-0.2, -0.15) is 0 Å². The lowest BCUT2D eigenvalue weighted by Crippen LogP contribution is -2.36. The van der Waals surface area contributed by atoms with Crippen molar-refractivity contribution in [3.63, 3.8) is 0 Å². The quantitative estimate of drug-likeness (QED) is 0.495. The minimum atomic E-state index is -0.939. The normalized spacial score (nSPS) is 43.7. The standard InChI is InChI=1S/C7H9NO4/c9-6(10)4-2-1-8-5(3(2)4)7(11)12/h2-5,8H,1H2,(H,9,10)(H,11,12)/t2-,3+,4+,5-/m0/s1. The molecule has 4 atom stereocenters. The van der Waals surface area contributed by atoms with E-state index in [9.17, 15) is 9.59 Å². The van der Waals surface area contributed by atoms with E-state index in [4.69, 9.17) is 10.2 Å². The van der Waals surface area contributed by atoms with E-state index in [1.54, 1.807) is 0 Å². The zero-order valence-electron chi connectivity index (χ0n) is 6.23. The molecule has 66 valence electrons. The summed E-state index contributed by atoms with van der Waals surface area (Å²) in [5, 5.41) is 20.1. The van der Waals surface area contributed by atoms with E-state index >= 15 is 0 Å². The molecule has 0 unspecified atom stereocenters. The number of piperidine rings is 1.